The van der Waals surface area contributed by atoms with Crippen LogP contribution in [0, 0.1) is 5.92 Å². The van der Waals surface area contributed by atoms with Gasteiger partial charge in [0.2, 0.25) is 0 Å². The topological polar surface area (TPSA) is 30.9 Å². The second-order valence-corrected chi connectivity index (χ2v) is 5.42. The smallest absolute Gasteiger partial charge is 0.161 e. The van der Waals surface area contributed by atoms with Crippen molar-refractivity contribution in [3.05, 3.63) is 12.2 Å². The van der Waals surface area contributed by atoms with Gasteiger partial charge in [0.05, 0.1) is 25.9 Å². The molecule has 0 N–H and O–H groups in total. The van der Waals surface area contributed by atoms with Crippen LogP contribution in [0.2, 0.25) is 0 Å². The molecule has 0 aromatic heterocycles. The van der Waals surface area contributed by atoms with Gasteiger partial charge in [0.15, 0.2) is 6.29 Å². The van der Waals surface area contributed by atoms with Gasteiger partial charge in [-0.3, -0.25) is 4.90 Å². The first kappa shape index (κ1) is 12.6. The molecule has 4 heteroatoms. The van der Waals surface area contributed by atoms with Gasteiger partial charge in [0.25, 0.3) is 0 Å². The van der Waals surface area contributed by atoms with Crippen molar-refractivity contribution in [2.75, 3.05) is 39.5 Å². The maximum Gasteiger partial charge on any atom is 0.161 e. The summed E-state index contributed by atoms with van der Waals surface area (Å²) in [6.07, 6.45) is 8.27. The van der Waals surface area contributed by atoms with Gasteiger partial charge in [-0.15, -0.1) is 0 Å². The van der Waals surface area contributed by atoms with Crippen LogP contribution < -0.4 is 0 Å². The second-order valence-electron chi connectivity index (χ2n) is 5.42. The predicted octanol–water partition coefficient (Wildman–Crippen LogP) is 1.42. The lowest BCUT2D eigenvalue weighted by atomic mass is 9.94. The first-order chi connectivity index (χ1) is 8.92. The van der Waals surface area contributed by atoms with Crippen LogP contribution in [0.3, 0.4) is 0 Å². The van der Waals surface area contributed by atoms with E-state index in [1.165, 1.54) is 12.8 Å². The van der Waals surface area contributed by atoms with Crippen molar-refractivity contribution in [2.45, 2.75) is 31.7 Å². The molecule has 0 saturated carbocycles. The van der Waals surface area contributed by atoms with Crippen LogP contribution in [0.5, 0.6) is 0 Å². The highest BCUT2D eigenvalue weighted by Gasteiger charge is 2.33. The average Bonchev–Trinajstić information content (AvgIpc) is 2.89. The molecule has 3 unspecified atom stereocenters. The molecule has 0 amide bonds. The first-order valence-electron chi connectivity index (χ1n) is 7.14. The van der Waals surface area contributed by atoms with E-state index in [2.05, 4.69) is 17.1 Å². The summed E-state index contributed by atoms with van der Waals surface area (Å²) >= 11 is 0. The van der Waals surface area contributed by atoms with Crippen LogP contribution in [0.25, 0.3) is 0 Å². The van der Waals surface area contributed by atoms with Gasteiger partial charge in [-0.25, -0.2) is 0 Å². The third-order valence-corrected chi connectivity index (χ3v) is 4.03. The molecule has 0 radical (unpaired) electrons. The van der Waals surface area contributed by atoms with Crippen molar-refractivity contribution in [3.8, 4) is 0 Å². The predicted molar refractivity (Wildman–Crippen MR) is 68.4 cm³/mol. The maximum atomic E-state index is 6.07. The van der Waals surface area contributed by atoms with E-state index >= 15 is 0 Å². The van der Waals surface area contributed by atoms with Gasteiger partial charge in [0, 0.05) is 25.6 Å². The molecule has 2 saturated heterocycles. The molecule has 0 bridgehead atoms. The lowest BCUT2D eigenvalue weighted by Crippen LogP contribution is -2.41. The van der Waals surface area contributed by atoms with E-state index < -0.39 is 0 Å². The van der Waals surface area contributed by atoms with Gasteiger partial charge in [0.1, 0.15) is 0 Å². The molecule has 3 atom stereocenters. The maximum absolute atomic E-state index is 6.07. The van der Waals surface area contributed by atoms with E-state index in [0.717, 1.165) is 45.9 Å². The van der Waals surface area contributed by atoms with Crippen molar-refractivity contribution >= 4 is 0 Å². The van der Waals surface area contributed by atoms with E-state index in [-0.39, 0.29) is 12.4 Å². The molecular formula is C14H23NO3. The molecule has 0 aromatic rings. The Morgan fingerprint density at radius 3 is 2.83 bits per heavy atom. The fraction of sp³-hybridized carbons (Fsp3) is 0.857. The lowest BCUT2D eigenvalue weighted by molar-refractivity contribution is -0.103. The van der Waals surface area contributed by atoms with Crippen molar-refractivity contribution in [1.82, 2.24) is 4.90 Å². The number of hydrogen-bond acceptors (Lipinski definition) is 4. The summed E-state index contributed by atoms with van der Waals surface area (Å²) in [5, 5.41) is 0. The number of hydrogen-bond donors (Lipinski definition) is 0. The first-order valence-corrected chi connectivity index (χ1v) is 7.14. The van der Waals surface area contributed by atoms with Gasteiger partial charge < -0.3 is 14.2 Å². The monoisotopic (exact) mass is 253 g/mol. The van der Waals surface area contributed by atoms with E-state index in [1.54, 1.807) is 0 Å². The van der Waals surface area contributed by atoms with Crippen LogP contribution in [-0.2, 0) is 14.2 Å². The summed E-state index contributed by atoms with van der Waals surface area (Å²) < 4.78 is 17.3. The molecule has 18 heavy (non-hydrogen) atoms. The third kappa shape index (κ3) is 3.12. The Morgan fingerprint density at radius 1 is 1.17 bits per heavy atom. The Kier molecular flexibility index (Phi) is 4.31. The van der Waals surface area contributed by atoms with Crippen LogP contribution in [0.1, 0.15) is 19.3 Å². The number of morpholine rings is 1. The minimum atomic E-state index is 0.0287. The zero-order valence-electron chi connectivity index (χ0n) is 10.9. The molecule has 102 valence electrons. The lowest BCUT2D eigenvalue weighted by Gasteiger charge is -2.29. The largest absolute Gasteiger partial charge is 0.379 e. The zero-order valence-corrected chi connectivity index (χ0v) is 10.9. The van der Waals surface area contributed by atoms with E-state index in [0.29, 0.717) is 5.92 Å². The molecule has 0 spiro atoms. The standard InChI is InChI=1S/C14H23NO3/c1-2-4-12(5-3-1)14-17-11-13(18-14)10-15-6-8-16-9-7-15/h1-2,12-14H,3-11H2. The summed E-state index contributed by atoms with van der Waals surface area (Å²) in [7, 11) is 0. The average molecular weight is 253 g/mol. The van der Waals surface area contributed by atoms with E-state index in [1.807, 2.05) is 0 Å². The highest BCUT2D eigenvalue weighted by molar-refractivity contribution is 4.92. The molecule has 0 aromatic carbocycles. The number of ether oxygens (including phenoxy) is 3. The summed E-state index contributed by atoms with van der Waals surface area (Å²) in [4.78, 5) is 2.42. The Bertz CT molecular complexity index is 289. The van der Waals surface area contributed by atoms with E-state index in [4.69, 9.17) is 14.2 Å². The van der Waals surface area contributed by atoms with Gasteiger partial charge in [-0.2, -0.15) is 0 Å². The Labute approximate surface area is 109 Å². The van der Waals surface area contributed by atoms with Gasteiger partial charge >= 0.3 is 0 Å². The summed E-state index contributed by atoms with van der Waals surface area (Å²) in [5.74, 6) is 0.560. The molecule has 3 rings (SSSR count). The Balaban J connectivity index is 1.44. The zero-order chi connectivity index (χ0) is 12.2. The quantitative estimate of drug-likeness (QED) is 0.712. The van der Waals surface area contributed by atoms with Crippen molar-refractivity contribution < 1.29 is 14.2 Å². The van der Waals surface area contributed by atoms with E-state index in [9.17, 15) is 0 Å². The molecule has 2 heterocycles. The summed E-state index contributed by atoms with van der Waals surface area (Å²) in [5.41, 5.74) is 0. The van der Waals surface area contributed by atoms with Crippen molar-refractivity contribution in [1.29, 1.82) is 0 Å². The van der Waals surface area contributed by atoms with Crippen molar-refractivity contribution in [2.24, 2.45) is 5.92 Å². The summed E-state index contributed by atoms with van der Waals surface area (Å²) in [6.45, 7) is 5.49. The van der Waals surface area contributed by atoms with Crippen LogP contribution in [0.15, 0.2) is 12.2 Å². The van der Waals surface area contributed by atoms with Gasteiger partial charge in [-0.05, 0) is 19.3 Å². The minimum Gasteiger partial charge on any atom is -0.379 e. The molecule has 3 aliphatic rings. The Hall–Kier alpha value is -0.420. The van der Waals surface area contributed by atoms with Crippen LogP contribution in [0.4, 0.5) is 0 Å². The highest BCUT2D eigenvalue weighted by Crippen LogP contribution is 2.28. The number of allylic oxidation sites excluding steroid dienone is 2. The number of nitrogens with zero attached hydrogens (tertiary/aromatic N) is 1. The molecule has 2 aliphatic heterocycles. The molecule has 4 nitrogen and oxygen atoms in total. The van der Waals surface area contributed by atoms with Gasteiger partial charge in [-0.1, -0.05) is 12.2 Å². The fourth-order valence-electron chi connectivity index (χ4n) is 2.95. The minimum absolute atomic E-state index is 0.0287. The third-order valence-electron chi connectivity index (χ3n) is 4.03. The molecule has 2 fully saturated rings. The van der Waals surface area contributed by atoms with Crippen LogP contribution in [-0.4, -0.2) is 56.7 Å². The summed E-state index contributed by atoms with van der Waals surface area (Å²) in [6, 6.07) is 0. The van der Waals surface area contributed by atoms with Crippen molar-refractivity contribution in [3.63, 3.8) is 0 Å². The molecular weight excluding hydrogens is 230 g/mol. The van der Waals surface area contributed by atoms with Crippen LogP contribution >= 0.6 is 0 Å². The molecule has 1 aliphatic carbocycles. The SMILES string of the molecule is C1=CCC(C2OCC(CN3CCOCC3)O2)CC1. The fourth-order valence-corrected chi connectivity index (χ4v) is 2.95. The number of rotatable bonds is 3. The Morgan fingerprint density at radius 2 is 2.06 bits per heavy atom. The normalized spacial score (nSPS) is 38.1. The highest BCUT2D eigenvalue weighted by atomic mass is 16.7. The second kappa shape index (κ2) is 6.15.